The molecular weight excluding hydrogens is 356 g/mol. The van der Waals surface area contributed by atoms with Crippen LogP contribution < -0.4 is 10.2 Å². The number of hydrazone groups is 1. The minimum absolute atomic E-state index is 0.141. The molecule has 3 rings (SSSR count). The Hall–Kier alpha value is -3.61. The number of rotatable bonds is 7. The summed E-state index contributed by atoms with van der Waals surface area (Å²) >= 11 is 0. The Balaban J connectivity index is 1.66. The number of phenolic OH excluding ortho intramolecular Hbond substituents is 1. The highest BCUT2D eigenvalue weighted by Gasteiger charge is 2.11. The highest BCUT2D eigenvalue weighted by molar-refractivity contribution is 6.00. The number of aromatic nitrogens is 2. The monoisotopic (exact) mass is 378 g/mol. The Morgan fingerprint density at radius 2 is 2.00 bits per heavy atom. The molecule has 0 saturated heterocycles. The highest BCUT2D eigenvalue weighted by atomic mass is 16.5. The predicted molar refractivity (Wildman–Crippen MR) is 108 cm³/mol. The number of hydrogen-bond acceptors (Lipinski definition) is 5. The number of carbonyl (C=O) groups excluding carboxylic acids is 1. The molecule has 1 heterocycles. The summed E-state index contributed by atoms with van der Waals surface area (Å²) in [5.41, 5.74) is 5.61. The second-order valence-electron chi connectivity index (χ2n) is 6.23. The lowest BCUT2D eigenvalue weighted by Gasteiger charge is -2.04. The number of benzene rings is 2. The third-order valence-electron chi connectivity index (χ3n) is 4.03. The summed E-state index contributed by atoms with van der Waals surface area (Å²) in [5, 5.41) is 20.5. The second kappa shape index (κ2) is 8.85. The quantitative estimate of drug-likeness (QED) is 0.431. The summed E-state index contributed by atoms with van der Waals surface area (Å²) in [4.78, 5) is 12.3. The molecule has 7 nitrogen and oxygen atoms in total. The Labute approximate surface area is 163 Å². The van der Waals surface area contributed by atoms with Gasteiger partial charge < -0.3 is 9.84 Å². The highest BCUT2D eigenvalue weighted by Crippen LogP contribution is 2.21. The van der Waals surface area contributed by atoms with Crippen molar-refractivity contribution in [2.75, 3.05) is 6.61 Å². The standard InChI is InChI=1S/C21H22N4O3/c1-3-11-28-18-9-7-15(8-10-18)19-13-20(24-23-19)21(27)25-22-14(2)16-5-4-6-17(26)12-16/h4-10,12-13,26H,3,11H2,1-2H3,(H,23,24)(H,25,27). The zero-order valence-corrected chi connectivity index (χ0v) is 15.8. The molecule has 7 heteroatoms. The van der Waals surface area contributed by atoms with Crippen LogP contribution in [0.2, 0.25) is 0 Å². The second-order valence-corrected chi connectivity index (χ2v) is 6.23. The molecule has 2 aromatic carbocycles. The van der Waals surface area contributed by atoms with Crippen LogP contribution in [0.1, 0.15) is 36.3 Å². The maximum absolute atomic E-state index is 12.3. The molecule has 1 amide bonds. The maximum Gasteiger partial charge on any atom is 0.289 e. The van der Waals surface area contributed by atoms with Crippen molar-refractivity contribution in [2.45, 2.75) is 20.3 Å². The largest absolute Gasteiger partial charge is 0.508 e. The van der Waals surface area contributed by atoms with Gasteiger partial charge >= 0.3 is 0 Å². The lowest BCUT2D eigenvalue weighted by molar-refractivity contribution is 0.0950. The van der Waals surface area contributed by atoms with Crippen LogP contribution in [-0.4, -0.2) is 33.5 Å². The van der Waals surface area contributed by atoms with Crippen LogP contribution in [0, 0.1) is 0 Å². The first-order valence-corrected chi connectivity index (χ1v) is 8.99. The van der Waals surface area contributed by atoms with Crippen molar-refractivity contribution in [3.63, 3.8) is 0 Å². The zero-order chi connectivity index (χ0) is 19.9. The number of H-pyrrole nitrogens is 1. The van der Waals surface area contributed by atoms with Crippen molar-refractivity contribution in [1.82, 2.24) is 15.6 Å². The van der Waals surface area contributed by atoms with Crippen LogP contribution in [0.5, 0.6) is 11.5 Å². The van der Waals surface area contributed by atoms with Gasteiger partial charge in [-0.25, -0.2) is 5.43 Å². The van der Waals surface area contributed by atoms with Gasteiger partial charge in [0.05, 0.1) is 18.0 Å². The van der Waals surface area contributed by atoms with Crippen LogP contribution in [0.4, 0.5) is 0 Å². The fourth-order valence-corrected chi connectivity index (χ4v) is 2.52. The molecule has 28 heavy (non-hydrogen) atoms. The lowest BCUT2D eigenvalue weighted by Crippen LogP contribution is -2.19. The lowest BCUT2D eigenvalue weighted by atomic mass is 10.1. The van der Waals surface area contributed by atoms with E-state index in [2.05, 4.69) is 27.6 Å². The van der Waals surface area contributed by atoms with Crippen LogP contribution in [0.3, 0.4) is 0 Å². The van der Waals surface area contributed by atoms with Gasteiger partial charge in [0.1, 0.15) is 17.2 Å². The predicted octanol–water partition coefficient (Wildman–Crippen LogP) is 3.73. The number of nitrogens with zero attached hydrogens (tertiary/aromatic N) is 2. The van der Waals surface area contributed by atoms with Crippen molar-refractivity contribution in [3.05, 3.63) is 65.9 Å². The van der Waals surface area contributed by atoms with Crippen LogP contribution in [0.25, 0.3) is 11.3 Å². The van der Waals surface area contributed by atoms with Crippen molar-refractivity contribution in [1.29, 1.82) is 0 Å². The number of carbonyl (C=O) groups is 1. The number of nitrogens with one attached hydrogen (secondary N) is 2. The molecule has 0 unspecified atom stereocenters. The average molecular weight is 378 g/mol. The molecule has 1 aromatic heterocycles. The summed E-state index contributed by atoms with van der Waals surface area (Å²) in [5.74, 6) is 0.541. The normalized spacial score (nSPS) is 11.3. The van der Waals surface area contributed by atoms with Crippen LogP contribution >= 0.6 is 0 Å². The van der Waals surface area contributed by atoms with Crippen LogP contribution in [0.15, 0.2) is 59.7 Å². The minimum Gasteiger partial charge on any atom is -0.508 e. The van der Waals surface area contributed by atoms with Gasteiger partial charge in [0.25, 0.3) is 5.91 Å². The van der Waals surface area contributed by atoms with Gasteiger partial charge in [-0.3, -0.25) is 9.89 Å². The van der Waals surface area contributed by atoms with E-state index in [1.165, 1.54) is 0 Å². The van der Waals surface area contributed by atoms with E-state index in [1.54, 1.807) is 37.3 Å². The van der Waals surface area contributed by atoms with Crippen molar-refractivity contribution in [2.24, 2.45) is 5.10 Å². The number of phenols is 1. The van der Waals surface area contributed by atoms with Crippen molar-refractivity contribution in [3.8, 4) is 22.8 Å². The molecule has 0 atom stereocenters. The van der Waals surface area contributed by atoms with E-state index in [1.807, 2.05) is 24.3 Å². The molecule has 0 aliphatic carbocycles. The molecule has 3 N–H and O–H groups in total. The van der Waals surface area contributed by atoms with E-state index in [0.717, 1.165) is 23.3 Å². The summed E-state index contributed by atoms with van der Waals surface area (Å²) in [6.07, 6.45) is 0.951. The zero-order valence-electron chi connectivity index (χ0n) is 15.8. The fourth-order valence-electron chi connectivity index (χ4n) is 2.52. The molecule has 3 aromatic rings. The van der Waals surface area contributed by atoms with Gasteiger partial charge in [-0.05, 0) is 55.8 Å². The molecule has 0 spiro atoms. The number of ether oxygens (including phenoxy) is 1. The molecule has 0 bridgehead atoms. The number of aromatic amines is 1. The SMILES string of the molecule is CCCOc1ccc(-c2cc(C(=O)NN=C(C)c3cccc(O)c3)[nH]n2)cc1. The Morgan fingerprint density at radius 3 is 2.71 bits per heavy atom. The van der Waals surface area contributed by atoms with E-state index < -0.39 is 5.91 Å². The van der Waals surface area contributed by atoms with Crippen molar-refractivity contribution < 1.29 is 14.6 Å². The number of aromatic hydroxyl groups is 1. The van der Waals surface area contributed by atoms with Crippen LogP contribution in [-0.2, 0) is 0 Å². The van der Waals surface area contributed by atoms with E-state index in [9.17, 15) is 9.90 Å². The first-order valence-electron chi connectivity index (χ1n) is 8.99. The van der Waals surface area contributed by atoms with Gasteiger partial charge in [0.2, 0.25) is 0 Å². The molecule has 0 fully saturated rings. The molecule has 144 valence electrons. The maximum atomic E-state index is 12.3. The van der Waals surface area contributed by atoms with Gasteiger partial charge in [0, 0.05) is 11.1 Å². The Kier molecular flexibility index (Phi) is 6.06. The van der Waals surface area contributed by atoms with Gasteiger partial charge in [0.15, 0.2) is 0 Å². The molecule has 0 aliphatic heterocycles. The topological polar surface area (TPSA) is 99.6 Å². The summed E-state index contributed by atoms with van der Waals surface area (Å²) in [7, 11) is 0. The Bertz CT molecular complexity index is 977. The van der Waals surface area contributed by atoms with Gasteiger partial charge in [-0.15, -0.1) is 0 Å². The fraction of sp³-hybridized carbons (Fsp3) is 0.190. The summed E-state index contributed by atoms with van der Waals surface area (Å²) in [6, 6.07) is 15.9. The van der Waals surface area contributed by atoms with E-state index >= 15 is 0 Å². The average Bonchev–Trinajstić information content (AvgIpc) is 3.21. The third kappa shape index (κ3) is 4.76. The molecule has 0 aliphatic rings. The summed E-state index contributed by atoms with van der Waals surface area (Å²) < 4.78 is 5.56. The summed E-state index contributed by atoms with van der Waals surface area (Å²) in [6.45, 7) is 4.48. The van der Waals surface area contributed by atoms with Crippen molar-refractivity contribution >= 4 is 11.6 Å². The molecular formula is C21H22N4O3. The molecule has 0 radical (unpaired) electrons. The first-order chi connectivity index (χ1) is 13.6. The smallest absolute Gasteiger partial charge is 0.289 e. The third-order valence-corrected chi connectivity index (χ3v) is 4.03. The van der Waals surface area contributed by atoms with Gasteiger partial charge in [-0.1, -0.05) is 19.1 Å². The Morgan fingerprint density at radius 1 is 1.21 bits per heavy atom. The number of amides is 1. The molecule has 0 saturated carbocycles. The van der Waals surface area contributed by atoms with E-state index in [-0.39, 0.29) is 5.75 Å². The minimum atomic E-state index is -0.402. The van der Waals surface area contributed by atoms with E-state index in [4.69, 9.17) is 4.74 Å². The van der Waals surface area contributed by atoms with Gasteiger partial charge in [-0.2, -0.15) is 10.2 Å². The number of hydrogen-bond donors (Lipinski definition) is 3. The van der Waals surface area contributed by atoms with E-state index in [0.29, 0.717) is 23.7 Å². The first kappa shape index (κ1) is 19.2.